The molecule has 5 heteroatoms. The van der Waals surface area contributed by atoms with Crippen molar-refractivity contribution in [2.75, 3.05) is 26.2 Å². The van der Waals surface area contributed by atoms with Gasteiger partial charge < -0.3 is 15.1 Å². The van der Waals surface area contributed by atoms with Gasteiger partial charge in [-0.05, 0) is 33.6 Å². The third-order valence-electron chi connectivity index (χ3n) is 3.18. The third kappa shape index (κ3) is 3.61. The fourth-order valence-electron chi connectivity index (χ4n) is 2.06. The van der Waals surface area contributed by atoms with E-state index in [1.165, 1.54) is 0 Å². The Morgan fingerprint density at radius 1 is 1.24 bits per heavy atom. The van der Waals surface area contributed by atoms with Gasteiger partial charge in [0.05, 0.1) is 0 Å². The number of carbonyl (C=O) groups is 2. The lowest BCUT2D eigenvalue weighted by Crippen LogP contribution is -2.50. The minimum absolute atomic E-state index is 0.0306. The number of nitrogens with zero attached hydrogens (tertiary/aromatic N) is 2. The maximum absolute atomic E-state index is 12.0. The van der Waals surface area contributed by atoms with Crippen molar-refractivity contribution in [3.8, 4) is 0 Å². The maximum Gasteiger partial charge on any atom is 0.318 e. The van der Waals surface area contributed by atoms with E-state index in [9.17, 15) is 9.59 Å². The quantitative estimate of drug-likeness (QED) is 0.800. The molecule has 0 radical (unpaired) electrons. The second-order valence-electron chi connectivity index (χ2n) is 4.38. The molecule has 0 aromatic rings. The van der Waals surface area contributed by atoms with Gasteiger partial charge in [0.1, 0.15) is 6.04 Å². The Balaban J connectivity index is 2.44. The standard InChI is InChI=1S/C12H23N3O2/c1-4-14(5-2)12(17)13-10(3)11(16)15-8-6-7-9-15/h10H,4-9H2,1-3H3,(H,13,17)/t10-/m0/s1. The van der Waals surface area contributed by atoms with Crippen LogP contribution in [0.25, 0.3) is 0 Å². The van der Waals surface area contributed by atoms with E-state index < -0.39 is 6.04 Å². The fraction of sp³-hybridized carbons (Fsp3) is 0.833. The van der Waals surface area contributed by atoms with Crippen LogP contribution in [0.15, 0.2) is 0 Å². The molecule has 0 aliphatic carbocycles. The van der Waals surface area contributed by atoms with Crippen LogP contribution in [-0.4, -0.2) is 54.0 Å². The summed E-state index contributed by atoms with van der Waals surface area (Å²) < 4.78 is 0. The molecule has 0 saturated carbocycles. The van der Waals surface area contributed by atoms with Crippen LogP contribution in [0.4, 0.5) is 4.79 Å². The van der Waals surface area contributed by atoms with Gasteiger partial charge in [0.15, 0.2) is 0 Å². The van der Waals surface area contributed by atoms with E-state index in [-0.39, 0.29) is 11.9 Å². The van der Waals surface area contributed by atoms with Crippen molar-refractivity contribution >= 4 is 11.9 Å². The summed E-state index contributed by atoms with van der Waals surface area (Å²) in [7, 11) is 0. The van der Waals surface area contributed by atoms with E-state index in [2.05, 4.69) is 5.32 Å². The van der Waals surface area contributed by atoms with Crippen molar-refractivity contribution < 1.29 is 9.59 Å². The minimum atomic E-state index is -0.429. The molecule has 0 aromatic heterocycles. The third-order valence-corrected chi connectivity index (χ3v) is 3.18. The fourth-order valence-corrected chi connectivity index (χ4v) is 2.06. The van der Waals surface area contributed by atoms with Gasteiger partial charge >= 0.3 is 6.03 Å². The molecule has 1 atom stereocenters. The summed E-state index contributed by atoms with van der Waals surface area (Å²) in [6.07, 6.45) is 2.14. The lowest BCUT2D eigenvalue weighted by atomic mass is 10.3. The molecule has 1 aliphatic heterocycles. The predicted octanol–water partition coefficient (Wildman–Crippen LogP) is 1.05. The van der Waals surface area contributed by atoms with E-state index in [1.807, 2.05) is 18.7 Å². The van der Waals surface area contributed by atoms with Crippen molar-refractivity contribution in [3.63, 3.8) is 0 Å². The summed E-state index contributed by atoms with van der Waals surface area (Å²) in [4.78, 5) is 27.3. The molecule has 1 saturated heterocycles. The van der Waals surface area contributed by atoms with Crippen LogP contribution in [0, 0.1) is 0 Å². The average molecular weight is 241 g/mol. The molecule has 0 spiro atoms. The van der Waals surface area contributed by atoms with Crippen molar-refractivity contribution in [1.82, 2.24) is 15.1 Å². The number of nitrogens with one attached hydrogen (secondary N) is 1. The molecule has 98 valence electrons. The van der Waals surface area contributed by atoms with Crippen LogP contribution in [-0.2, 0) is 4.79 Å². The summed E-state index contributed by atoms with van der Waals surface area (Å²) in [6, 6.07) is -0.587. The van der Waals surface area contributed by atoms with Crippen molar-refractivity contribution in [3.05, 3.63) is 0 Å². The van der Waals surface area contributed by atoms with Crippen molar-refractivity contribution in [2.24, 2.45) is 0 Å². The number of carbonyl (C=O) groups excluding carboxylic acids is 2. The van der Waals surface area contributed by atoms with Crippen molar-refractivity contribution in [1.29, 1.82) is 0 Å². The highest BCUT2D eigenvalue weighted by atomic mass is 16.2. The molecular weight excluding hydrogens is 218 g/mol. The first kappa shape index (κ1) is 13.8. The molecule has 1 fully saturated rings. The molecule has 17 heavy (non-hydrogen) atoms. The Labute approximate surface area is 103 Å². The molecule has 1 aliphatic rings. The zero-order valence-electron chi connectivity index (χ0n) is 11.0. The maximum atomic E-state index is 12.0. The summed E-state index contributed by atoms with van der Waals surface area (Å²) in [5, 5.41) is 2.75. The van der Waals surface area contributed by atoms with Crippen LogP contribution in [0.2, 0.25) is 0 Å². The van der Waals surface area contributed by atoms with Crippen LogP contribution >= 0.6 is 0 Å². The lowest BCUT2D eigenvalue weighted by Gasteiger charge is -2.25. The van der Waals surface area contributed by atoms with Gasteiger partial charge in [0.25, 0.3) is 0 Å². The molecule has 0 bridgehead atoms. The van der Waals surface area contributed by atoms with Gasteiger partial charge in [0, 0.05) is 26.2 Å². The van der Waals surface area contributed by atoms with Gasteiger partial charge in [-0.25, -0.2) is 4.79 Å². The number of urea groups is 1. The van der Waals surface area contributed by atoms with E-state index in [0.717, 1.165) is 25.9 Å². The number of hydrogen-bond donors (Lipinski definition) is 1. The van der Waals surface area contributed by atoms with Gasteiger partial charge in [0.2, 0.25) is 5.91 Å². The predicted molar refractivity (Wildman–Crippen MR) is 66.7 cm³/mol. The molecule has 5 nitrogen and oxygen atoms in total. The van der Waals surface area contributed by atoms with Crippen LogP contribution in [0.1, 0.15) is 33.6 Å². The van der Waals surface area contributed by atoms with E-state index >= 15 is 0 Å². The summed E-state index contributed by atoms with van der Waals surface area (Å²) in [6.45, 7) is 8.57. The van der Waals surface area contributed by atoms with Crippen LogP contribution in [0.3, 0.4) is 0 Å². The second kappa shape index (κ2) is 6.47. The summed E-state index contributed by atoms with van der Waals surface area (Å²) in [5.74, 6) is 0.0306. The summed E-state index contributed by atoms with van der Waals surface area (Å²) >= 11 is 0. The Morgan fingerprint density at radius 2 is 1.76 bits per heavy atom. The Bertz CT molecular complexity index is 271. The summed E-state index contributed by atoms with van der Waals surface area (Å²) in [5.41, 5.74) is 0. The first-order valence-corrected chi connectivity index (χ1v) is 6.44. The zero-order chi connectivity index (χ0) is 12.8. The first-order chi connectivity index (χ1) is 8.10. The Hall–Kier alpha value is -1.26. The molecule has 1 N–H and O–H groups in total. The largest absolute Gasteiger partial charge is 0.341 e. The van der Waals surface area contributed by atoms with Gasteiger partial charge in [-0.1, -0.05) is 0 Å². The van der Waals surface area contributed by atoms with Crippen LogP contribution in [0.5, 0.6) is 0 Å². The normalized spacial score (nSPS) is 16.8. The SMILES string of the molecule is CCN(CC)C(=O)N[C@@H](C)C(=O)N1CCCC1. The number of hydrogen-bond acceptors (Lipinski definition) is 2. The van der Waals surface area contributed by atoms with Gasteiger partial charge in [-0.2, -0.15) is 0 Å². The number of amides is 3. The highest BCUT2D eigenvalue weighted by Crippen LogP contribution is 2.09. The smallest absolute Gasteiger partial charge is 0.318 e. The van der Waals surface area contributed by atoms with E-state index in [4.69, 9.17) is 0 Å². The molecule has 3 amide bonds. The molecular formula is C12H23N3O2. The van der Waals surface area contributed by atoms with Gasteiger partial charge in [-0.15, -0.1) is 0 Å². The molecule has 0 unspecified atom stereocenters. The van der Waals surface area contributed by atoms with Crippen molar-refractivity contribution in [2.45, 2.75) is 39.7 Å². The number of likely N-dealkylation sites (tertiary alicyclic amines) is 1. The molecule has 1 heterocycles. The topological polar surface area (TPSA) is 52.7 Å². The number of rotatable bonds is 4. The van der Waals surface area contributed by atoms with E-state index in [1.54, 1.807) is 11.8 Å². The highest BCUT2D eigenvalue weighted by molar-refractivity contribution is 5.86. The monoisotopic (exact) mass is 241 g/mol. The Morgan fingerprint density at radius 3 is 2.24 bits per heavy atom. The molecule has 1 rings (SSSR count). The average Bonchev–Trinajstić information content (AvgIpc) is 2.83. The minimum Gasteiger partial charge on any atom is -0.341 e. The second-order valence-corrected chi connectivity index (χ2v) is 4.38. The van der Waals surface area contributed by atoms with E-state index in [0.29, 0.717) is 13.1 Å². The van der Waals surface area contributed by atoms with Crippen LogP contribution < -0.4 is 5.32 Å². The lowest BCUT2D eigenvalue weighted by molar-refractivity contribution is -0.131. The first-order valence-electron chi connectivity index (χ1n) is 6.44. The van der Waals surface area contributed by atoms with Gasteiger partial charge in [-0.3, -0.25) is 4.79 Å². The Kier molecular flexibility index (Phi) is 5.25. The highest BCUT2D eigenvalue weighted by Gasteiger charge is 2.25. The molecule has 0 aromatic carbocycles. The zero-order valence-corrected chi connectivity index (χ0v) is 11.0.